The highest BCUT2D eigenvalue weighted by Gasteiger charge is 2.41. The molecule has 2 aliphatic carbocycles. The molecule has 124 valence electrons. The molecule has 0 saturated heterocycles. The lowest BCUT2D eigenvalue weighted by atomic mass is 9.67. The first-order chi connectivity index (χ1) is 11.2. The predicted octanol–water partition coefficient (Wildman–Crippen LogP) is 2.32. The average molecular weight is 314 g/mol. The lowest BCUT2D eigenvalue weighted by molar-refractivity contribution is -0.136. The molecule has 1 aromatic carbocycles. The van der Waals surface area contributed by atoms with Crippen LogP contribution in [0.5, 0.6) is 0 Å². The van der Waals surface area contributed by atoms with Crippen molar-refractivity contribution < 1.29 is 9.53 Å². The highest BCUT2D eigenvalue weighted by molar-refractivity contribution is 5.83. The number of fused-ring (bicyclic) bond motifs is 3. The minimum atomic E-state index is -0.448. The number of hydrogen-bond donors (Lipinski definition) is 2. The SMILES string of the molecule is NC1CC2CCCC(C1)C2NC(=O)C1OCCc2ccccc21. The Morgan fingerprint density at radius 1 is 1.17 bits per heavy atom. The van der Waals surface area contributed by atoms with Crippen molar-refractivity contribution in [2.24, 2.45) is 17.6 Å². The van der Waals surface area contributed by atoms with Crippen LogP contribution in [0.1, 0.15) is 49.3 Å². The average Bonchev–Trinajstić information content (AvgIpc) is 2.55. The van der Waals surface area contributed by atoms with Gasteiger partial charge in [0.2, 0.25) is 0 Å². The first-order valence-electron chi connectivity index (χ1n) is 8.97. The molecule has 1 heterocycles. The minimum Gasteiger partial charge on any atom is -0.363 e. The Morgan fingerprint density at radius 2 is 1.91 bits per heavy atom. The van der Waals surface area contributed by atoms with Gasteiger partial charge in [0, 0.05) is 12.1 Å². The van der Waals surface area contributed by atoms with E-state index in [2.05, 4.69) is 11.4 Å². The fourth-order valence-electron chi connectivity index (χ4n) is 4.88. The third-order valence-electron chi connectivity index (χ3n) is 5.92. The van der Waals surface area contributed by atoms with Crippen molar-refractivity contribution in [3.8, 4) is 0 Å². The van der Waals surface area contributed by atoms with E-state index in [1.807, 2.05) is 18.2 Å². The zero-order valence-corrected chi connectivity index (χ0v) is 13.5. The molecule has 0 aromatic heterocycles. The summed E-state index contributed by atoms with van der Waals surface area (Å²) in [6.45, 7) is 0.623. The number of ether oxygens (including phenoxy) is 1. The molecule has 1 aromatic rings. The molecule has 2 fully saturated rings. The normalized spacial score (nSPS) is 36.1. The Morgan fingerprint density at radius 3 is 2.70 bits per heavy atom. The van der Waals surface area contributed by atoms with Crippen molar-refractivity contribution in [3.63, 3.8) is 0 Å². The molecule has 4 rings (SSSR count). The number of nitrogens with two attached hydrogens (primary N) is 1. The van der Waals surface area contributed by atoms with Gasteiger partial charge in [-0.25, -0.2) is 0 Å². The van der Waals surface area contributed by atoms with E-state index >= 15 is 0 Å². The smallest absolute Gasteiger partial charge is 0.254 e. The van der Waals surface area contributed by atoms with E-state index in [1.165, 1.54) is 24.8 Å². The van der Waals surface area contributed by atoms with Crippen LogP contribution in [0.15, 0.2) is 24.3 Å². The lowest BCUT2D eigenvalue weighted by Crippen LogP contribution is -2.54. The number of carbonyl (C=O) groups excluding carboxylic acids is 1. The molecule has 0 spiro atoms. The molecule has 3 atom stereocenters. The van der Waals surface area contributed by atoms with Crippen LogP contribution in [0.3, 0.4) is 0 Å². The molecule has 0 radical (unpaired) electrons. The van der Waals surface area contributed by atoms with Crippen LogP contribution in [0.4, 0.5) is 0 Å². The number of benzene rings is 1. The monoisotopic (exact) mass is 314 g/mol. The largest absolute Gasteiger partial charge is 0.363 e. The second-order valence-corrected chi connectivity index (χ2v) is 7.42. The van der Waals surface area contributed by atoms with Crippen molar-refractivity contribution >= 4 is 5.91 Å². The quantitative estimate of drug-likeness (QED) is 0.880. The number of hydrogen-bond acceptors (Lipinski definition) is 3. The Balaban J connectivity index is 1.50. The molecule has 4 nitrogen and oxygen atoms in total. The van der Waals surface area contributed by atoms with Gasteiger partial charge in [-0.3, -0.25) is 4.79 Å². The molecule has 23 heavy (non-hydrogen) atoms. The van der Waals surface area contributed by atoms with Crippen LogP contribution in [-0.4, -0.2) is 24.6 Å². The third-order valence-corrected chi connectivity index (χ3v) is 5.92. The van der Waals surface area contributed by atoms with Gasteiger partial charge in [-0.1, -0.05) is 30.7 Å². The van der Waals surface area contributed by atoms with Crippen molar-refractivity contribution in [1.29, 1.82) is 0 Å². The van der Waals surface area contributed by atoms with Gasteiger partial charge in [-0.15, -0.1) is 0 Å². The maximum atomic E-state index is 12.9. The molecule has 3 aliphatic rings. The molecule has 2 saturated carbocycles. The van der Waals surface area contributed by atoms with E-state index < -0.39 is 6.10 Å². The summed E-state index contributed by atoms with van der Waals surface area (Å²) in [7, 11) is 0. The van der Waals surface area contributed by atoms with Gasteiger partial charge in [-0.2, -0.15) is 0 Å². The fourth-order valence-corrected chi connectivity index (χ4v) is 4.88. The van der Waals surface area contributed by atoms with Gasteiger partial charge in [0.05, 0.1) is 6.61 Å². The highest BCUT2D eigenvalue weighted by atomic mass is 16.5. The van der Waals surface area contributed by atoms with Crippen LogP contribution >= 0.6 is 0 Å². The van der Waals surface area contributed by atoms with E-state index in [4.69, 9.17) is 10.5 Å². The van der Waals surface area contributed by atoms with Crippen molar-refractivity contribution in [1.82, 2.24) is 5.32 Å². The van der Waals surface area contributed by atoms with Crippen LogP contribution in [0.2, 0.25) is 0 Å². The maximum absolute atomic E-state index is 12.9. The number of amides is 1. The van der Waals surface area contributed by atoms with Gasteiger partial charge in [-0.05, 0) is 55.1 Å². The van der Waals surface area contributed by atoms with E-state index in [0.717, 1.165) is 24.8 Å². The van der Waals surface area contributed by atoms with Crippen molar-refractivity contribution in [3.05, 3.63) is 35.4 Å². The first-order valence-corrected chi connectivity index (χ1v) is 8.97. The summed E-state index contributed by atoms with van der Waals surface area (Å²) >= 11 is 0. The summed E-state index contributed by atoms with van der Waals surface area (Å²) in [4.78, 5) is 12.9. The molecule has 1 amide bonds. The summed E-state index contributed by atoms with van der Waals surface area (Å²) in [5.74, 6) is 1.12. The van der Waals surface area contributed by atoms with Crippen molar-refractivity contribution in [2.45, 2.75) is 56.7 Å². The van der Waals surface area contributed by atoms with E-state index in [-0.39, 0.29) is 11.9 Å². The van der Waals surface area contributed by atoms with E-state index in [1.54, 1.807) is 0 Å². The maximum Gasteiger partial charge on any atom is 0.254 e. The summed E-state index contributed by atoms with van der Waals surface area (Å²) in [6.07, 6.45) is 6.19. The summed E-state index contributed by atoms with van der Waals surface area (Å²) < 4.78 is 5.81. The lowest BCUT2D eigenvalue weighted by Gasteiger charge is -2.45. The predicted molar refractivity (Wildman–Crippen MR) is 88.8 cm³/mol. The number of rotatable bonds is 2. The summed E-state index contributed by atoms with van der Waals surface area (Å²) in [6, 6.07) is 8.75. The molecular weight excluding hydrogens is 288 g/mol. The van der Waals surface area contributed by atoms with Gasteiger partial charge in [0.1, 0.15) is 0 Å². The Hall–Kier alpha value is -1.39. The van der Waals surface area contributed by atoms with Gasteiger partial charge >= 0.3 is 0 Å². The van der Waals surface area contributed by atoms with E-state index in [0.29, 0.717) is 24.5 Å². The van der Waals surface area contributed by atoms with E-state index in [9.17, 15) is 4.79 Å². The fraction of sp³-hybridized carbons (Fsp3) is 0.632. The minimum absolute atomic E-state index is 0.0366. The molecule has 2 bridgehead atoms. The second-order valence-electron chi connectivity index (χ2n) is 7.42. The molecule has 3 unspecified atom stereocenters. The summed E-state index contributed by atoms with van der Waals surface area (Å²) in [5, 5.41) is 3.33. The summed E-state index contributed by atoms with van der Waals surface area (Å²) in [5.41, 5.74) is 8.46. The zero-order chi connectivity index (χ0) is 15.8. The topological polar surface area (TPSA) is 64.3 Å². The Labute approximate surface area is 137 Å². The van der Waals surface area contributed by atoms with Gasteiger partial charge in [0.15, 0.2) is 6.10 Å². The Bertz CT molecular complexity index is 574. The van der Waals surface area contributed by atoms with Crippen molar-refractivity contribution in [2.75, 3.05) is 6.61 Å². The van der Waals surface area contributed by atoms with Crippen LogP contribution in [-0.2, 0) is 16.0 Å². The third kappa shape index (κ3) is 2.90. The van der Waals surface area contributed by atoms with Crippen LogP contribution in [0, 0.1) is 11.8 Å². The molecule has 1 aliphatic heterocycles. The Kier molecular flexibility index (Phi) is 4.12. The number of carbonyl (C=O) groups is 1. The molecule has 4 heteroatoms. The molecular formula is C19H26N2O2. The van der Waals surface area contributed by atoms with Gasteiger partial charge < -0.3 is 15.8 Å². The standard InChI is InChI=1S/C19H26N2O2/c20-15-10-13-5-3-6-14(11-15)17(13)21-19(22)18-16-7-2-1-4-12(16)8-9-23-18/h1-2,4,7,13-15,17-18H,3,5-6,8-11,20H2,(H,21,22). The second kappa shape index (κ2) is 6.25. The molecule has 3 N–H and O–H groups in total. The van der Waals surface area contributed by atoms with Gasteiger partial charge in [0.25, 0.3) is 5.91 Å². The number of nitrogens with one attached hydrogen (secondary N) is 1. The first kappa shape index (κ1) is 15.2. The van der Waals surface area contributed by atoms with Crippen LogP contribution < -0.4 is 11.1 Å². The highest BCUT2D eigenvalue weighted by Crippen LogP contribution is 2.40. The van der Waals surface area contributed by atoms with Crippen LogP contribution in [0.25, 0.3) is 0 Å². The zero-order valence-electron chi connectivity index (χ0n) is 13.5.